The maximum Gasteiger partial charge on any atom is 0.417 e. The van der Waals surface area contributed by atoms with Crippen LogP contribution in [-0.2, 0) is 0 Å². The van der Waals surface area contributed by atoms with E-state index in [1.54, 1.807) is 49.4 Å². The van der Waals surface area contributed by atoms with Crippen LogP contribution in [0.5, 0.6) is 0 Å². The van der Waals surface area contributed by atoms with Gasteiger partial charge in [-0.25, -0.2) is 9.69 Å². The third kappa shape index (κ3) is 6.75. The van der Waals surface area contributed by atoms with Crippen molar-refractivity contribution in [1.29, 1.82) is 21.0 Å². The average Bonchev–Trinajstić information content (AvgIpc) is 3.13. The van der Waals surface area contributed by atoms with Crippen molar-refractivity contribution in [2.45, 2.75) is 13.1 Å². The van der Waals surface area contributed by atoms with Gasteiger partial charge in [-0.1, -0.05) is 36.4 Å². The Labute approximate surface area is 279 Å². The fourth-order valence-corrected chi connectivity index (χ4v) is 5.52. The topological polar surface area (TPSA) is 104 Å². The molecule has 0 N–H and O–H groups in total. The summed E-state index contributed by atoms with van der Waals surface area (Å²) in [5.74, 6) is 0. The van der Waals surface area contributed by atoms with Crippen LogP contribution in [0.25, 0.3) is 43.1 Å². The molecule has 230 valence electrons. The van der Waals surface area contributed by atoms with E-state index in [-0.39, 0.29) is 38.7 Å². The molecule has 0 atom stereocenters. The van der Waals surface area contributed by atoms with Gasteiger partial charge in [-0.3, -0.25) is 0 Å². The molecule has 0 bridgehead atoms. The summed E-state index contributed by atoms with van der Waals surface area (Å²) in [4.78, 5) is 6.72. The normalized spacial score (nSPS) is 11.8. The molecular weight excluding hydrogens is 621 g/mol. The second-order valence-corrected chi connectivity index (χ2v) is 10.8. The summed E-state index contributed by atoms with van der Waals surface area (Å²) in [5.41, 5.74) is 1.71. The summed E-state index contributed by atoms with van der Waals surface area (Å²) in [6.45, 7) is 16.6. The van der Waals surface area contributed by atoms with Crippen LogP contribution >= 0.6 is 0 Å². The van der Waals surface area contributed by atoms with Crippen molar-refractivity contribution in [1.82, 2.24) is 0 Å². The highest BCUT2D eigenvalue weighted by Crippen LogP contribution is 2.36. The third-order valence-electron chi connectivity index (χ3n) is 7.84. The van der Waals surface area contributed by atoms with Crippen LogP contribution in [0.2, 0.25) is 0 Å². The molecule has 0 aliphatic rings. The summed E-state index contributed by atoms with van der Waals surface area (Å²) >= 11 is 0. The lowest BCUT2D eigenvalue weighted by atomic mass is 9.88. The maximum atomic E-state index is 15.4. The van der Waals surface area contributed by atoms with E-state index >= 15 is 13.2 Å². The molecule has 0 amide bonds. The summed E-state index contributed by atoms with van der Waals surface area (Å²) in [6, 6.07) is 31.3. The van der Waals surface area contributed by atoms with Crippen molar-refractivity contribution in [3.8, 4) is 46.5 Å². The molecule has 0 radical (unpaired) electrons. The Morgan fingerprint density at radius 2 is 1.02 bits per heavy atom. The first-order valence-electron chi connectivity index (χ1n) is 14.4. The number of halogens is 3. The number of alkyl halides is 3. The number of benzene rings is 5. The lowest BCUT2D eigenvalue weighted by Gasteiger charge is -2.18. The zero-order valence-corrected chi connectivity index (χ0v) is 25.6. The Balaban J connectivity index is 2.08. The number of hydrogen-bond acceptors (Lipinski definition) is 4. The maximum absolute atomic E-state index is 15.4. The van der Waals surface area contributed by atoms with E-state index in [0.29, 0.717) is 44.3 Å². The molecule has 0 spiro atoms. The zero-order chi connectivity index (χ0) is 35.3. The first kappa shape index (κ1) is 32.9. The summed E-state index contributed by atoms with van der Waals surface area (Å²) < 4.78 is 46.1. The lowest BCUT2D eigenvalue weighted by Crippen LogP contribution is -2.26. The predicted molar refractivity (Wildman–Crippen MR) is 178 cm³/mol. The number of nitrogens with zero attached hydrogens (tertiary/aromatic N) is 6. The molecule has 5 aromatic carbocycles. The Hall–Kier alpha value is -7.43. The van der Waals surface area contributed by atoms with Gasteiger partial charge in [0.2, 0.25) is 0 Å². The molecule has 5 rings (SSSR count). The van der Waals surface area contributed by atoms with Gasteiger partial charge in [0.05, 0.1) is 59.7 Å². The van der Waals surface area contributed by atoms with E-state index in [4.69, 9.17) is 13.1 Å². The molecule has 0 unspecified atom stereocenters. The van der Waals surface area contributed by atoms with Gasteiger partial charge in [0.15, 0.2) is 11.4 Å². The van der Waals surface area contributed by atoms with Crippen molar-refractivity contribution in [3.63, 3.8) is 0 Å². The molecule has 0 aliphatic carbocycles. The summed E-state index contributed by atoms with van der Waals surface area (Å²) in [6.07, 6.45) is -4.97. The Morgan fingerprint density at radius 1 is 0.551 bits per heavy atom. The van der Waals surface area contributed by atoms with Gasteiger partial charge >= 0.3 is 6.18 Å². The fraction of sp³-hybridized carbons (Fsp3) is 0.0500. The van der Waals surface area contributed by atoms with Crippen molar-refractivity contribution in [2.24, 2.45) is 0 Å². The first-order chi connectivity index (χ1) is 23.5. The molecule has 9 heteroatoms. The van der Waals surface area contributed by atoms with Crippen molar-refractivity contribution in [3.05, 3.63) is 164 Å². The molecule has 0 fully saturated rings. The van der Waals surface area contributed by atoms with Gasteiger partial charge in [-0.05, 0) is 117 Å². The van der Waals surface area contributed by atoms with E-state index in [9.17, 15) is 21.0 Å². The van der Waals surface area contributed by atoms with Crippen molar-refractivity contribution in [2.75, 3.05) is 0 Å². The van der Waals surface area contributed by atoms with Gasteiger partial charge in [0.25, 0.3) is 0 Å². The van der Waals surface area contributed by atoms with Crippen molar-refractivity contribution < 1.29 is 13.2 Å². The second-order valence-electron chi connectivity index (χ2n) is 10.8. The smallest absolute Gasteiger partial charge is 0.238 e. The minimum Gasteiger partial charge on any atom is -0.238 e. The molecule has 0 aliphatic heterocycles. The molecule has 5 aromatic rings. The molecule has 0 saturated carbocycles. The van der Waals surface area contributed by atoms with E-state index in [1.807, 2.05) is 24.3 Å². The minimum atomic E-state index is -4.97. The zero-order valence-electron chi connectivity index (χ0n) is 25.6. The predicted octanol–water partition coefficient (Wildman–Crippen LogP) is 8.59. The van der Waals surface area contributed by atoms with Crippen LogP contribution in [-0.4, -0.2) is 6.18 Å². The minimum absolute atomic E-state index is 0.119. The molecule has 6 nitrogen and oxygen atoms in total. The van der Waals surface area contributed by atoms with Crippen LogP contribution in [0.1, 0.15) is 40.3 Å². The van der Waals surface area contributed by atoms with Gasteiger partial charge in [0.1, 0.15) is 0 Å². The highest BCUT2D eigenvalue weighted by molar-refractivity contribution is 5.84. The highest BCUT2D eigenvalue weighted by atomic mass is 19.4. The highest BCUT2D eigenvalue weighted by Gasteiger charge is 2.36. The molecule has 0 heterocycles. The van der Waals surface area contributed by atoms with Gasteiger partial charge in [-0.15, -0.1) is 0 Å². The van der Waals surface area contributed by atoms with E-state index in [0.717, 1.165) is 12.1 Å². The van der Waals surface area contributed by atoms with Crippen LogP contribution in [0.4, 0.5) is 24.5 Å². The van der Waals surface area contributed by atoms with E-state index in [2.05, 4.69) is 9.69 Å². The van der Waals surface area contributed by atoms with E-state index in [1.165, 1.54) is 42.5 Å². The Morgan fingerprint density at radius 3 is 1.53 bits per heavy atom. The number of hydrogen-bond donors (Lipinski definition) is 0. The SMILES string of the molecule is [C-]#[N+]c1ccc(-c2c/c(=C(\c3cc(C#N)cc([N+]#[C-])c3)C(F)(F)F)c(-c3ccc(C#N)cc3)c/c2=C(/C)c2cc(C#N)cc(C#N)c2)cc1. The summed E-state index contributed by atoms with van der Waals surface area (Å²) in [7, 11) is 0. The number of nitriles is 4. The molecule has 0 aromatic heterocycles. The van der Waals surface area contributed by atoms with Crippen LogP contribution < -0.4 is 10.4 Å². The van der Waals surface area contributed by atoms with Gasteiger partial charge in [0, 0.05) is 5.56 Å². The largest absolute Gasteiger partial charge is 0.417 e. The monoisotopic (exact) mass is 640 g/mol. The van der Waals surface area contributed by atoms with Crippen molar-refractivity contribution >= 4 is 22.5 Å². The Kier molecular flexibility index (Phi) is 9.08. The van der Waals surface area contributed by atoms with Gasteiger partial charge < -0.3 is 0 Å². The number of rotatable bonds is 4. The second kappa shape index (κ2) is 13.5. The lowest BCUT2D eigenvalue weighted by molar-refractivity contribution is -0.0694. The van der Waals surface area contributed by atoms with Crippen LogP contribution in [0, 0.1) is 58.5 Å². The van der Waals surface area contributed by atoms with E-state index < -0.39 is 11.7 Å². The Bertz CT molecular complexity index is 2480. The quantitative estimate of drug-likeness (QED) is 0.184. The van der Waals surface area contributed by atoms with Gasteiger partial charge in [-0.2, -0.15) is 34.2 Å². The third-order valence-corrected chi connectivity index (χ3v) is 7.84. The summed E-state index contributed by atoms with van der Waals surface area (Å²) in [5, 5.41) is 38.5. The standard InChI is InChI=1S/C40H19F3N6/c1-24(31-13-26(21-45)12-27(14-31)22-46)35-18-37(29-6-4-25(20-44)5-7-29)38(19-36(35)30-8-10-33(48-2)11-9-30)39(40(41,42)43)32-15-28(23-47)16-34(17-32)49-3/h4-19H,1H3/b35-24+,39-38-. The molecule has 49 heavy (non-hydrogen) atoms. The average molecular weight is 641 g/mol. The van der Waals surface area contributed by atoms with Crippen LogP contribution in [0.15, 0.2) is 97.1 Å². The van der Waals surface area contributed by atoms with Crippen LogP contribution in [0.3, 0.4) is 0 Å². The molecular formula is C40H19F3N6. The first-order valence-corrected chi connectivity index (χ1v) is 14.4. The molecule has 0 saturated heterocycles. The fourth-order valence-electron chi connectivity index (χ4n) is 5.52.